The lowest BCUT2D eigenvalue weighted by atomic mass is 10.1. The topological polar surface area (TPSA) is 54.4 Å². The second-order valence-electron chi connectivity index (χ2n) is 4.16. The highest BCUT2D eigenvalue weighted by Gasteiger charge is 2.13. The molecule has 2 aromatic rings. The first-order valence-electron chi connectivity index (χ1n) is 5.92. The van der Waals surface area contributed by atoms with Crippen LogP contribution in [0.25, 0.3) is 0 Å². The number of aromatic carboxylic acids is 1. The van der Waals surface area contributed by atoms with Gasteiger partial charge in [0.05, 0.1) is 11.3 Å². The van der Waals surface area contributed by atoms with Crippen molar-refractivity contribution >= 4 is 51.0 Å². The first-order valence-corrected chi connectivity index (χ1v) is 8.07. The third-order valence-corrected chi connectivity index (χ3v) is 4.52. The summed E-state index contributed by atoms with van der Waals surface area (Å²) in [6.07, 6.45) is 0. The summed E-state index contributed by atoms with van der Waals surface area (Å²) in [5.74, 6) is -0.919. The largest absolute Gasteiger partial charge is 0.478 e. The summed E-state index contributed by atoms with van der Waals surface area (Å²) in [7, 11) is 0. The second kappa shape index (κ2) is 7.11. The number of Topliss-reactive ketones (excluding diaryl/α,β-unsaturated/α-hetero) is 1. The fourth-order valence-electron chi connectivity index (χ4n) is 1.66. The molecule has 0 aliphatic carbocycles. The van der Waals surface area contributed by atoms with Gasteiger partial charge in [-0.3, -0.25) is 4.79 Å². The zero-order valence-corrected chi connectivity index (χ0v) is 13.8. The van der Waals surface area contributed by atoms with Crippen LogP contribution >= 0.6 is 39.3 Å². The third-order valence-electron chi connectivity index (χ3n) is 2.70. The number of carbonyl (C=O) groups excluding carboxylic acids is 1. The summed E-state index contributed by atoms with van der Waals surface area (Å²) >= 11 is 10.2. The highest BCUT2D eigenvalue weighted by atomic mass is 79.9. The fourth-order valence-corrected chi connectivity index (χ4v) is 3.06. The molecule has 0 saturated heterocycles. The van der Waals surface area contributed by atoms with Gasteiger partial charge in [-0.25, -0.2) is 4.79 Å². The summed E-state index contributed by atoms with van der Waals surface area (Å²) in [6, 6.07) is 11.6. The van der Waals surface area contributed by atoms with Gasteiger partial charge in [0, 0.05) is 20.0 Å². The van der Waals surface area contributed by atoms with Crippen molar-refractivity contribution in [2.45, 2.75) is 4.90 Å². The zero-order valence-electron chi connectivity index (χ0n) is 10.7. The molecule has 0 atom stereocenters. The molecule has 0 heterocycles. The Kier molecular flexibility index (Phi) is 5.45. The number of halogens is 2. The third kappa shape index (κ3) is 4.33. The lowest BCUT2D eigenvalue weighted by molar-refractivity contribution is 0.0692. The monoisotopic (exact) mass is 384 g/mol. The molecule has 0 unspecified atom stereocenters. The van der Waals surface area contributed by atoms with E-state index in [1.54, 1.807) is 36.4 Å². The predicted molar refractivity (Wildman–Crippen MR) is 87.6 cm³/mol. The number of thioether (sulfide) groups is 1. The predicted octanol–water partition coefficient (Wildman–Crippen LogP) is 4.78. The summed E-state index contributed by atoms with van der Waals surface area (Å²) in [5.41, 5.74) is 0.735. The standard InChI is InChI=1S/C15H10BrClO3S/c16-10-3-6-14(12(7-10)15(19)20)21-8-13(18)9-1-4-11(17)5-2-9/h1-7H,8H2,(H,19,20). The van der Waals surface area contributed by atoms with Crippen molar-refractivity contribution in [3.63, 3.8) is 0 Å². The van der Waals surface area contributed by atoms with E-state index in [0.717, 1.165) is 0 Å². The Hall–Kier alpha value is -1.30. The Morgan fingerprint density at radius 3 is 2.43 bits per heavy atom. The average molecular weight is 386 g/mol. The molecule has 0 bridgehead atoms. The maximum Gasteiger partial charge on any atom is 0.336 e. The number of ketones is 1. The average Bonchev–Trinajstić information content (AvgIpc) is 2.46. The van der Waals surface area contributed by atoms with Gasteiger partial charge in [-0.2, -0.15) is 0 Å². The quantitative estimate of drug-likeness (QED) is 0.594. The van der Waals surface area contributed by atoms with E-state index in [1.807, 2.05) is 0 Å². The van der Waals surface area contributed by atoms with Crippen LogP contribution in [0.3, 0.4) is 0 Å². The molecule has 0 aromatic heterocycles. The Balaban J connectivity index is 2.11. The lowest BCUT2D eigenvalue weighted by Crippen LogP contribution is -2.04. The van der Waals surface area contributed by atoms with Gasteiger partial charge in [0.1, 0.15) is 0 Å². The van der Waals surface area contributed by atoms with Crippen LogP contribution in [0.15, 0.2) is 51.8 Å². The van der Waals surface area contributed by atoms with E-state index in [4.69, 9.17) is 16.7 Å². The fraction of sp³-hybridized carbons (Fsp3) is 0.0667. The number of benzene rings is 2. The van der Waals surface area contributed by atoms with Crippen molar-refractivity contribution in [2.75, 3.05) is 5.75 Å². The van der Waals surface area contributed by atoms with Gasteiger partial charge in [-0.05, 0) is 42.5 Å². The second-order valence-corrected chi connectivity index (χ2v) is 6.53. The number of hydrogen-bond acceptors (Lipinski definition) is 3. The molecule has 0 saturated carbocycles. The number of carboxylic acid groups (broad SMARTS) is 1. The van der Waals surface area contributed by atoms with Gasteiger partial charge in [0.2, 0.25) is 0 Å². The van der Waals surface area contributed by atoms with Crippen molar-refractivity contribution in [2.24, 2.45) is 0 Å². The molecule has 0 aliphatic rings. The molecule has 3 nitrogen and oxygen atoms in total. The number of carbonyl (C=O) groups is 2. The van der Waals surface area contributed by atoms with E-state index in [9.17, 15) is 9.59 Å². The molecule has 2 rings (SSSR count). The number of hydrogen-bond donors (Lipinski definition) is 1. The van der Waals surface area contributed by atoms with Crippen LogP contribution in [0.5, 0.6) is 0 Å². The van der Waals surface area contributed by atoms with E-state index in [0.29, 0.717) is 20.0 Å². The Morgan fingerprint density at radius 2 is 1.81 bits per heavy atom. The Morgan fingerprint density at radius 1 is 1.14 bits per heavy atom. The van der Waals surface area contributed by atoms with E-state index in [2.05, 4.69) is 15.9 Å². The maximum atomic E-state index is 12.1. The molecule has 108 valence electrons. The molecule has 1 N–H and O–H groups in total. The van der Waals surface area contributed by atoms with Gasteiger partial charge in [-0.1, -0.05) is 27.5 Å². The molecule has 0 fully saturated rings. The molecular formula is C15H10BrClO3S. The van der Waals surface area contributed by atoms with Crippen molar-refractivity contribution in [1.82, 2.24) is 0 Å². The van der Waals surface area contributed by atoms with Crippen molar-refractivity contribution in [3.8, 4) is 0 Å². The van der Waals surface area contributed by atoms with Crippen molar-refractivity contribution < 1.29 is 14.7 Å². The van der Waals surface area contributed by atoms with Crippen molar-refractivity contribution in [1.29, 1.82) is 0 Å². The van der Waals surface area contributed by atoms with Crippen LogP contribution in [0.4, 0.5) is 0 Å². The van der Waals surface area contributed by atoms with Crippen LogP contribution in [0, 0.1) is 0 Å². The van der Waals surface area contributed by atoms with Crippen LogP contribution in [0.2, 0.25) is 5.02 Å². The van der Waals surface area contributed by atoms with E-state index in [1.165, 1.54) is 17.8 Å². The number of carboxylic acids is 1. The first kappa shape index (κ1) is 16.1. The molecule has 21 heavy (non-hydrogen) atoms. The minimum absolute atomic E-state index is 0.0732. The minimum Gasteiger partial charge on any atom is -0.478 e. The van der Waals surface area contributed by atoms with Gasteiger partial charge in [0.15, 0.2) is 5.78 Å². The highest BCUT2D eigenvalue weighted by molar-refractivity contribution is 9.10. The molecular weight excluding hydrogens is 376 g/mol. The van der Waals surface area contributed by atoms with E-state index < -0.39 is 5.97 Å². The Labute approximate surface area is 139 Å². The van der Waals surface area contributed by atoms with Gasteiger partial charge < -0.3 is 5.11 Å². The summed E-state index contributed by atoms with van der Waals surface area (Å²) in [6.45, 7) is 0. The lowest BCUT2D eigenvalue weighted by Gasteiger charge is -2.06. The molecule has 0 spiro atoms. The first-order chi connectivity index (χ1) is 9.97. The van der Waals surface area contributed by atoms with Gasteiger partial charge >= 0.3 is 5.97 Å². The molecule has 6 heteroatoms. The highest BCUT2D eigenvalue weighted by Crippen LogP contribution is 2.27. The van der Waals surface area contributed by atoms with Crippen LogP contribution in [-0.4, -0.2) is 22.6 Å². The normalized spacial score (nSPS) is 10.4. The molecule has 0 aliphatic heterocycles. The minimum atomic E-state index is -1.02. The van der Waals surface area contributed by atoms with Crippen LogP contribution in [0.1, 0.15) is 20.7 Å². The maximum absolute atomic E-state index is 12.1. The molecule has 2 aromatic carbocycles. The molecule has 0 amide bonds. The summed E-state index contributed by atoms with van der Waals surface area (Å²) < 4.78 is 0.688. The van der Waals surface area contributed by atoms with E-state index in [-0.39, 0.29) is 17.1 Å². The van der Waals surface area contributed by atoms with Crippen molar-refractivity contribution in [3.05, 3.63) is 63.1 Å². The summed E-state index contributed by atoms with van der Waals surface area (Å²) in [4.78, 5) is 23.8. The zero-order chi connectivity index (χ0) is 15.4. The van der Waals surface area contributed by atoms with Crippen LogP contribution < -0.4 is 0 Å². The number of rotatable bonds is 5. The van der Waals surface area contributed by atoms with Gasteiger partial charge in [-0.15, -0.1) is 11.8 Å². The SMILES string of the molecule is O=C(CSc1ccc(Br)cc1C(=O)O)c1ccc(Cl)cc1. The smallest absolute Gasteiger partial charge is 0.336 e. The summed E-state index contributed by atoms with van der Waals surface area (Å²) in [5, 5.41) is 9.74. The van der Waals surface area contributed by atoms with Gasteiger partial charge in [0.25, 0.3) is 0 Å². The van der Waals surface area contributed by atoms with Crippen LogP contribution in [-0.2, 0) is 0 Å². The Bertz CT molecular complexity index is 686. The van der Waals surface area contributed by atoms with E-state index >= 15 is 0 Å². The molecule has 0 radical (unpaired) electrons.